The SMILES string of the molecule is Cc1cccnc1N[C@H](c1cc(Cl)ccc1O)P(=O)(c1ccccc1)c1ccccc1. The maximum Gasteiger partial charge on any atom is 0.168 e. The molecule has 0 fully saturated rings. The van der Waals surface area contributed by atoms with Gasteiger partial charge in [-0.25, -0.2) is 4.98 Å². The number of hydrogen-bond donors (Lipinski definition) is 2. The molecule has 3 aromatic carbocycles. The summed E-state index contributed by atoms with van der Waals surface area (Å²) in [6, 6.07) is 27.2. The minimum absolute atomic E-state index is 0.0163. The van der Waals surface area contributed by atoms with Crippen molar-refractivity contribution in [2.24, 2.45) is 0 Å². The van der Waals surface area contributed by atoms with Crippen molar-refractivity contribution >= 4 is 35.2 Å². The Balaban J connectivity index is 2.00. The molecule has 156 valence electrons. The monoisotopic (exact) mass is 448 g/mol. The Morgan fingerprint density at radius 3 is 2.10 bits per heavy atom. The van der Waals surface area contributed by atoms with Gasteiger partial charge >= 0.3 is 0 Å². The lowest BCUT2D eigenvalue weighted by atomic mass is 10.2. The van der Waals surface area contributed by atoms with Crippen LogP contribution in [-0.2, 0) is 4.57 Å². The molecule has 1 atom stereocenters. The van der Waals surface area contributed by atoms with E-state index in [4.69, 9.17) is 11.6 Å². The van der Waals surface area contributed by atoms with E-state index in [0.29, 0.717) is 27.0 Å². The zero-order valence-corrected chi connectivity index (χ0v) is 18.6. The summed E-state index contributed by atoms with van der Waals surface area (Å²) in [5.74, 6) is -0.175. The Morgan fingerprint density at radius 1 is 0.903 bits per heavy atom. The molecule has 0 unspecified atom stereocenters. The van der Waals surface area contributed by atoms with E-state index in [0.717, 1.165) is 5.56 Å². The number of halogens is 1. The highest BCUT2D eigenvalue weighted by molar-refractivity contribution is 7.79. The van der Waals surface area contributed by atoms with E-state index in [1.807, 2.05) is 79.7 Å². The zero-order chi connectivity index (χ0) is 21.8. The van der Waals surface area contributed by atoms with Crippen molar-refractivity contribution in [1.29, 1.82) is 0 Å². The average Bonchev–Trinajstić information content (AvgIpc) is 2.81. The zero-order valence-electron chi connectivity index (χ0n) is 16.9. The van der Waals surface area contributed by atoms with Crippen LogP contribution in [0.2, 0.25) is 5.02 Å². The van der Waals surface area contributed by atoms with Crippen molar-refractivity contribution in [1.82, 2.24) is 4.98 Å². The first-order chi connectivity index (χ1) is 15.0. The first kappa shape index (κ1) is 21.2. The molecule has 0 aliphatic heterocycles. The predicted molar refractivity (Wildman–Crippen MR) is 128 cm³/mol. The number of phenolic OH excluding ortho intramolecular Hbond substituents is 1. The van der Waals surface area contributed by atoms with Gasteiger partial charge in [-0.3, -0.25) is 0 Å². The van der Waals surface area contributed by atoms with Crippen molar-refractivity contribution < 1.29 is 9.67 Å². The van der Waals surface area contributed by atoms with Gasteiger partial charge in [0.2, 0.25) is 0 Å². The second kappa shape index (κ2) is 8.97. The minimum atomic E-state index is -3.36. The average molecular weight is 449 g/mol. The summed E-state index contributed by atoms with van der Waals surface area (Å²) in [6.45, 7) is 1.93. The molecule has 2 N–H and O–H groups in total. The quantitative estimate of drug-likeness (QED) is 0.362. The molecular weight excluding hydrogens is 427 g/mol. The van der Waals surface area contributed by atoms with Gasteiger partial charge in [-0.05, 0) is 36.8 Å². The molecular formula is C25H22ClN2O2P. The van der Waals surface area contributed by atoms with Gasteiger partial charge in [0.15, 0.2) is 7.14 Å². The molecule has 4 rings (SSSR count). The smallest absolute Gasteiger partial charge is 0.168 e. The second-order valence-corrected chi connectivity index (χ2v) is 10.5. The molecule has 0 aliphatic carbocycles. The molecule has 1 heterocycles. The van der Waals surface area contributed by atoms with Crippen LogP contribution in [-0.4, -0.2) is 10.1 Å². The van der Waals surface area contributed by atoms with Crippen LogP contribution >= 0.6 is 18.7 Å². The lowest BCUT2D eigenvalue weighted by Gasteiger charge is -2.31. The summed E-state index contributed by atoms with van der Waals surface area (Å²) < 4.78 is 15.1. The van der Waals surface area contributed by atoms with E-state index >= 15 is 4.57 Å². The van der Waals surface area contributed by atoms with Crippen LogP contribution in [0.3, 0.4) is 0 Å². The molecule has 0 saturated heterocycles. The number of phenols is 1. The van der Waals surface area contributed by atoms with E-state index in [1.54, 1.807) is 18.3 Å². The Hall–Kier alpha value is -3.07. The Labute approximate surface area is 186 Å². The number of rotatable bonds is 6. The predicted octanol–water partition coefficient (Wildman–Crippen LogP) is 5.87. The highest BCUT2D eigenvalue weighted by atomic mass is 35.5. The fourth-order valence-electron chi connectivity index (χ4n) is 3.62. The number of pyridine rings is 1. The van der Waals surface area contributed by atoms with Gasteiger partial charge in [-0.1, -0.05) is 78.3 Å². The van der Waals surface area contributed by atoms with Crippen molar-refractivity contribution in [2.45, 2.75) is 12.7 Å². The third kappa shape index (κ3) is 4.23. The molecule has 0 amide bonds. The number of hydrogen-bond acceptors (Lipinski definition) is 4. The summed E-state index contributed by atoms with van der Waals surface area (Å²) in [5, 5.41) is 15.9. The van der Waals surface area contributed by atoms with Gasteiger partial charge in [-0.2, -0.15) is 0 Å². The molecule has 0 radical (unpaired) electrons. The van der Waals surface area contributed by atoms with E-state index in [2.05, 4.69) is 10.3 Å². The first-order valence-electron chi connectivity index (χ1n) is 9.87. The number of anilines is 1. The first-order valence-corrected chi connectivity index (χ1v) is 12.0. The van der Waals surface area contributed by atoms with Crippen LogP contribution in [0.15, 0.2) is 97.2 Å². The minimum Gasteiger partial charge on any atom is -0.508 e. The molecule has 1 aromatic heterocycles. The Kier molecular flexibility index (Phi) is 6.13. The van der Waals surface area contributed by atoms with Gasteiger partial charge in [0.05, 0.1) is 0 Å². The summed E-state index contributed by atoms with van der Waals surface area (Å²) in [4.78, 5) is 4.45. The molecule has 4 nitrogen and oxygen atoms in total. The van der Waals surface area contributed by atoms with Crippen LogP contribution in [0, 0.1) is 6.92 Å². The highest BCUT2D eigenvalue weighted by Gasteiger charge is 2.39. The number of nitrogens with one attached hydrogen (secondary N) is 1. The molecule has 6 heteroatoms. The Morgan fingerprint density at radius 2 is 1.52 bits per heavy atom. The third-order valence-electron chi connectivity index (χ3n) is 5.21. The molecule has 4 aromatic rings. The van der Waals surface area contributed by atoms with Crippen LogP contribution in [0.5, 0.6) is 5.75 Å². The van der Waals surface area contributed by atoms with Crippen molar-refractivity contribution in [3.05, 3.63) is 113 Å². The van der Waals surface area contributed by atoms with Gasteiger partial charge in [0.1, 0.15) is 17.4 Å². The van der Waals surface area contributed by atoms with E-state index in [9.17, 15) is 5.11 Å². The van der Waals surface area contributed by atoms with Crippen LogP contribution in [0.1, 0.15) is 16.9 Å². The van der Waals surface area contributed by atoms with Gasteiger partial charge in [0, 0.05) is 27.4 Å². The van der Waals surface area contributed by atoms with Crippen LogP contribution in [0.4, 0.5) is 5.82 Å². The number of nitrogens with zero attached hydrogens (tertiary/aromatic N) is 1. The lowest BCUT2D eigenvalue weighted by molar-refractivity contribution is 0.467. The summed E-state index contributed by atoms with van der Waals surface area (Å²) in [7, 11) is -3.36. The fourth-order valence-corrected chi connectivity index (χ4v) is 6.83. The van der Waals surface area contributed by atoms with E-state index in [1.165, 1.54) is 6.07 Å². The maximum atomic E-state index is 15.1. The van der Waals surface area contributed by atoms with Gasteiger partial charge in [0.25, 0.3) is 0 Å². The number of aromatic nitrogens is 1. The summed E-state index contributed by atoms with van der Waals surface area (Å²) in [6.07, 6.45) is 1.68. The standard InChI is InChI=1S/C25H22ClN2O2P/c1-18-9-8-16-27-24(18)28-25(22-17-19(26)14-15-23(22)29)31(30,20-10-4-2-5-11-20)21-12-6-3-7-13-21/h2-17,25,29H,1H3,(H,27,28)/t25-/m0/s1. The summed E-state index contributed by atoms with van der Waals surface area (Å²) >= 11 is 6.29. The molecule has 31 heavy (non-hydrogen) atoms. The normalized spacial score (nSPS) is 12.3. The highest BCUT2D eigenvalue weighted by Crippen LogP contribution is 2.58. The second-order valence-electron chi connectivity index (χ2n) is 7.25. The third-order valence-corrected chi connectivity index (χ3v) is 8.71. The molecule has 0 aliphatic rings. The number of benzene rings is 3. The fraction of sp³-hybridized carbons (Fsp3) is 0.0800. The van der Waals surface area contributed by atoms with E-state index in [-0.39, 0.29) is 5.75 Å². The van der Waals surface area contributed by atoms with Crippen molar-refractivity contribution in [2.75, 3.05) is 5.32 Å². The molecule has 0 bridgehead atoms. The van der Waals surface area contributed by atoms with Crippen LogP contribution in [0.25, 0.3) is 0 Å². The van der Waals surface area contributed by atoms with Gasteiger partial charge < -0.3 is 15.0 Å². The van der Waals surface area contributed by atoms with Crippen LogP contribution < -0.4 is 15.9 Å². The largest absolute Gasteiger partial charge is 0.508 e. The molecule has 0 saturated carbocycles. The molecule has 0 spiro atoms. The lowest BCUT2D eigenvalue weighted by Crippen LogP contribution is -2.26. The number of aromatic hydroxyl groups is 1. The Bertz CT molecular complexity index is 1190. The van der Waals surface area contributed by atoms with Gasteiger partial charge in [-0.15, -0.1) is 0 Å². The van der Waals surface area contributed by atoms with E-state index < -0.39 is 12.9 Å². The van der Waals surface area contributed by atoms with Crippen molar-refractivity contribution in [3.8, 4) is 5.75 Å². The maximum absolute atomic E-state index is 15.1. The number of aryl methyl sites for hydroxylation is 1. The van der Waals surface area contributed by atoms with Crippen molar-refractivity contribution in [3.63, 3.8) is 0 Å². The summed E-state index contributed by atoms with van der Waals surface area (Å²) in [5.41, 5.74) is 1.36. The topological polar surface area (TPSA) is 62.2 Å².